The second-order valence-corrected chi connectivity index (χ2v) is 10.00. The summed E-state index contributed by atoms with van der Waals surface area (Å²) >= 11 is 0. The normalized spacial score (nSPS) is 12.5. The predicted molar refractivity (Wildman–Crippen MR) is 137 cm³/mol. The van der Waals surface area contributed by atoms with Crippen molar-refractivity contribution in [3.05, 3.63) is 79.0 Å². The number of nitrogens with one attached hydrogen (secondary N) is 1. The quantitative estimate of drug-likeness (QED) is 0.355. The van der Waals surface area contributed by atoms with Crippen molar-refractivity contribution in [1.29, 1.82) is 0 Å². The van der Waals surface area contributed by atoms with E-state index < -0.39 is 16.1 Å². The first-order chi connectivity index (χ1) is 16.6. The molecular weight excluding hydrogens is 464 g/mol. The highest BCUT2D eigenvalue weighted by molar-refractivity contribution is 7.89. The first kappa shape index (κ1) is 24.2. The van der Waals surface area contributed by atoms with Gasteiger partial charge >= 0.3 is 0 Å². The zero-order valence-electron chi connectivity index (χ0n) is 19.3. The summed E-state index contributed by atoms with van der Waals surface area (Å²) in [5, 5.41) is 9.90. The van der Waals surface area contributed by atoms with Crippen molar-refractivity contribution in [2.45, 2.75) is 24.8 Å². The SMILES string of the molecule is CC(C)C(Oc1ccc2ccnc(N)c2c1)C(=O)Nc1ccc(-c2ccccc2S(N)(=O)=O)cc1. The smallest absolute Gasteiger partial charge is 0.265 e. The lowest BCUT2D eigenvalue weighted by atomic mass is 10.0. The summed E-state index contributed by atoms with van der Waals surface area (Å²) in [6, 6.07) is 20.6. The van der Waals surface area contributed by atoms with E-state index in [1.165, 1.54) is 6.07 Å². The number of rotatable bonds is 7. The van der Waals surface area contributed by atoms with E-state index in [1.807, 2.05) is 26.0 Å². The van der Waals surface area contributed by atoms with Crippen LogP contribution in [0.3, 0.4) is 0 Å². The summed E-state index contributed by atoms with van der Waals surface area (Å²) in [5.41, 5.74) is 7.67. The van der Waals surface area contributed by atoms with E-state index in [4.69, 9.17) is 15.6 Å². The summed E-state index contributed by atoms with van der Waals surface area (Å²) < 4.78 is 29.9. The third kappa shape index (κ3) is 5.42. The van der Waals surface area contributed by atoms with Crippen LogP contribution in [0.4, 0.5) is 11.5 Å². The van der Waals surface area contributed by atoms with Crippen LogP contribution in [0, 0.1) is 5.92 Å². The number of hydrogen-bond donors (Lipinski definition) is 3. The minimum atomic E-state index is -3.88. The van der Waals surface area contributed by atoms with Crippen LogP contribution in [-0.2, 0) is 14.8 Å². The lowest BCUT2D eigenvalue weighted by Gasteiger charge is -2.22. The van der Waals surface area contributed by atoms with Gasteiger partial charge in [0.15, 0.2) is 6.10 Å². The van der Waals surface area contributed by atoms with Gasteiger partial charge in [0.25, 0.3) is 5.91 Å². The Morgan fingerprint density at radius 2 is 1.71 bits per heavy atom. The van der Waals surface area contributed by atoms with Gasteiger partial charge in [-0.2, -0.15) is 0 Å². The number of aromatic nitrogens is 1. The molecule has 0 saturated carbocycles. The lowest BCUT2D eigenvalue weighted by molar-refractivity contribution is -0.124. The van der Waals surface area contributed by atoms with Gasteiger partial charge in [-0.25, -0.2) is 18.5 Å². The molecule has 0 spiro atoms. The van der Waals surface area contributed by atoms with Crippen LogP contribution in [0.25, 0.3) is 21.9 Å². The lowest BCUT2D eigenvalue weighted by Crippen LogP contribution is -2.37. The number of pyridine rings is 1. The van der Waals surface area contributed by atoms with Crippen molar-refractivity contribution in [1.82, 2.24) is 4.98 Å². The Hall–Kier alpha value is -3.95. The number of primary sulfonamides is 1. The Balaban J connectivity index is 1.53. The number of sulfonamides is 1. The number of hydrogen-bond acceptors (Lipinski definition) is 6. The van der Waals surface area contributed by atoms with Crippen molar-refractivity contribution in [3.8, 4) is 16.9 Å². The summed E-state index contributed by atoms with van der Waals surface area (Å²) in [7, 11) is -3.88. The van der Waals surface area contributed by atoms with Gasteiger partial charge in [0.1, 0.15) is 11.6 Å². The number of nitrogens with zero attached hydrogens (tertiary/aromatic N) is 1. The van der Waals surface area contributed by atoms with E-state index >= 15 is 0 Å². The fraction of sp³-hybridized carbons (Fsp3) is 0.154. The zero-order valence-corrected chi connectivity index (χ0v) is 20.1. The van der Waals surface area contributed by atoms with Crippen molar-refractivity contribution >= 4 is 38.2 Å². The molecule has 1 unspecified atom stereocenters. The van der Waals surface area contributed by atoms with Gasteiger partial charge in [-0.3, -0.25) is 4.79 Å². The minimum Gasteiger partial charge on any atom is -0.480 e. The molecular formula is C26H26N4O4S. The zero-order chi connectivity index (χ0) is 25.2. The van der Waals surface area contributed by atoms with E-state index in [2.05, 4.69) is 10.3 Å². The number of amides is 1. The van der Waals surface area contributed by atoms with Crippen molar-refractivity contribution < 1.29 is 17.9 Å². The van der Waals surface area contributed by atoms with Crippen LogP contribution < -0.4 is 20.9 Å². The fourth-order valence-electron chi connectivity index (χ4n) is 3.78. The van der Waals surface area contributed by atoms with Gasteiger partial charge in [0.05, 0.1) is 4.90 Å². The highest BCUT2D eigenvalue weighted by Gasteiger charge is 2.25. The van der Waals surface area contributed by atoms with E-state index in [-0.39, 0.29) is 16.7 Å². The molecule has 1 heterocycles. The molecule has 0 aliphatic carbocycles. The summed E-state index contributed by atoms with van der Waals surface area (Å²) in [6.07, 6.45) is 0.884. The molecule has 1 aromatic heterocycles. The Morgan fingerprint density at radius 1 is 1.00 bits per heavy atom. The van der Waals surface area contributed by atoms with E-state index in [0.29, 0.717) is 28.4 Å². The number of carbonyl (C=O) groups is 1. The van der Waals surface area contributed by atoms with E-state index in [9.17, 15) is 13.2 Å². The summed E-state index contributed by atoms with van der Waals surface area (Å²) in [4.78, 5) is 17.2. The highest BCUT2D eigenvalue weighted by atomic mass is 32.2. The number of fused-ring (bicyclic) bond motifs is 1. The standard InChI is InChI=1S/C26H26N4O4S/c1-16(2)24(34-20-12-9-18-13-14-29-25(27)22(18)15-20)26(31)30-19-10-7-17(8-11-19)21-5-3-4-6-23(21)35(28,32)33/h3-16,24H,1-2H3,(H2,27,29)(H,30,31)(H2,28,32,33). The van der Waals surface area contributed by atoms with Crippen molar-refractivity contribution in [2.24, 2.45) is 11.1 Å². The number of anilines is 2. The number of nitrogen functional groups attached to an aromatic ring is 1. The van der Waals surface area contributed by atoms with Crippen LogP contribution in [0.5, 0.6) is 5.75 Å². The molecule has 0 bridgehead atoms. The number of benzene rings is 3. The molecule has 9 heteroatoms. The second kappa shape index (κ2) is 9.73. The average molecular weight is 491 g/mol. The number of nitrogens with two attached hydrogens (primary N) is 2. The maximum Gasteiger partial charge on any atom is 0.265 e. The Morgan fingerprint density at radius 3 is 2.40 bits per heavy atom. The molecule has 5 N–H and O–H groups in total. The van der Waals surface area contributed by atoms with Crippen LogP contribution >= 0.6 is 0 Å². The molecule has 0 saturated heterocycles. The third-order valence-corrected chi connectivity index (χ3v) is 6.52. The largest absolute Gasteiger partial charge is 0.480 e. The summed E-state index contributed by atoms with van der Waals surface area (Å²) in [6.45, 7) is 3.79. The van der Waals surface area contributed by atoms with Crippen molar-refractivity contribution in [3.63, 3.8) is 0 Å². The Bertz CT molecular complexity index is 1490. The van der Waals surface area contributed by atoms with Gasteiger partial charge in [-0.15, -0.1) is 0 Å². The highest BCUT2D eigenvalue weighted by Crippen LogP contribution is 2.29. The Labute approximate surface area is 204 Å². The first-order valence-corrected chi connectivity index (χ1v) is 12.5. The molecule has 1 amide bonds. The molecule has 0 aliphatic heterocycles. The third-order valence-electron chi connectivity index (χ3n) is 5.55. The molecule has 8 nitrogen and oxygen atoms in total. The van der Waals surface area contributed by atoms with Crippen LogP contribution in [-0.4, -0.2) is 25.4 Å². The number of carbonyl (C=O) groups excluding carboxylic acids is 1. The molecule has 4 aromatic rings. The molecule has 0 fully saturated rings. The Kier molecular flexibility index (Phi) is 6.72. The predicted octanol–water partition coefficient (Wildman–Crippen LogP) is 4.17. The molecule has 0 aliphatic rings. The fourth-order valence-corrected chi connectivity index (χ4v) is 4.54. The van der Waals surface area contributed by atoms with Gasteiger partial charge in [0, 0.05) is 22.8 Å². The van der Waals surface area contributed by atoms with Crippen LogP contribution in [0.15, 0.2) is 83.9 Å². The first-order valence-electron chi connectivity index (χ1n) is 11.0. The molecule has 1 atom stereocenters. The molecule has 3 aromatic carbocycles. The van der Waals surface area contributed by atoms with Crippen LogP contribution in [0.2, 0.25) is 0 Å². The average Bonchev–Trinajstić information content (AvgIpc) is 2.82. The summed E-state index contributed by atoms with van der Waals surface area (Å²) in [5.74, 6) is 0.485. The minimum absolute atomic E-state index is 0.0382. The number of ether oxygens (including phenoxy) is 1. The molecule has 4 rings (SSSR count). The van der Waals surface area contributed by atoms with Gasteiger partial charge in [-0.1, -0.05) is 50.2 Å². The van der Waals surface area contributed by atoms with Crippen molar-refractivity contribution in [2.75, 3.05) is 11.1 Å². The molecule has 35 heavy (non-hydrogen) atoms. The van der Waals surface area contributed by atoms with Gasteiger partial charge in [-0.05, 0) is 53.3 Å². The topological polar surface area (TPSA) is 137 Å². The molecule has 0 radical (unpaired) electrons. The van der Waals surface area contributed by atoms with Crippen LogP contribution in [0.1, 0.15) is 13.8 Å². The monoisotopic (exact) mass is 490 g/mol. The molecule has 180 valence electrons. The van der Waals surface area contributed by atoms with E-state index in [1.54, 1.807) is 60.8 Å². The maximum absolute atomic E-state index is 13.1. The second-order valence-electron chi connectivity index (χ2n) is 8.47. The maximum atomic E-state index is 13.1. The van der Waals surface area contributed by atoms with E-state index in [0.717, 1.165) is 10.8 Å². The van der Waals surface area contributed by atoms with Gasteiger partial charge < -0.3 is 15.8 Å². The van der Waals surface area contributed by atoms with Gasteiger partial charge in [0.2, 0.25) is 10.0 Å².